The third-order valence-corrected chi connectivity index (χ3v) is 3.33. The Kier molecular flexibility index (Phi) is 4.16. The van der Waals surface area contributed by atoms with E-state index in [0.717, 1.165) is 5.56 Å². The summed E-state index contributed by atoms with van der Waals surface area (Å²) in [5.41, 5.74) is 7.64. The summed E-state index contributed by atoms with van der Waals surface area (Å²) in [5.74, 6) is -0.675. The van der Waals surface area contributed by atoms with Gasteiger partial charge in [0.2, 0.25) is 0 Å². The number of halogens is 2. The highest BCUT2D eigenvalue weighted by Gasteiger charge is 2.10. The van der Waals surface area contributed by atoms with Crippen LogP contribution in [0.3, 0.4) is 0 Å². The van der Waals surface area contributed by atoms with Gasteiger partial charge in [0, 0.05) is 16.7 Å². The van der Waals surface area contributed by atoms with Crippen molar-refractivity contribution in [3.8, 4) is 0 Å². The van der Waals surface area contributed by atoms with Crippen molar-refractivity contribution in [2.75, 3.05) is 5.73 Å². The minimum atomic E-state index is -0.393. The zero-order chi connectivity index (χ0) is 13.8. The highest BCUT2D eigenvalue weighted by atomic mass is 79.9. The van der Waals surface area contributed by atoms with Crippen LogP contribution in [-0.2, 0) is 6.54 Å². The summed E-state index contributed by atoms with van der Waals surface area (Å²) >= 11 is 3.16. The fourth-order valence-electron chi connectivity index (χ4n) is 1.64. The number of carbonyl (C=O) groups excluding carboxylic acids is 1. The van der Waals surface area contributed by atoms with Crippen LogP contribution in [0.4, 0.5) is 10.1 Å². The van der Waals surface area contributed by atoms with E-state index < -0.39 is 5.82 Å². The zero-order valence-electron chi connectivity index (χ0n) is 9.99. The Bertz CT molecular complexity index is 616. The number of anilines is 1. The van der Waals surface area contributed by atoms with Gasteiger partial charge in [-0.05, 0) is 45.8 Å². The lowest BCUT2D eigenvalue weighted by molar-refractivity contribution is 0.0950. The van der Waals surface area contributed by atoms with Gasteiger partial charge in [0.1, 0.15) is 5.82 Å². The van der Waals surface area contributed by atoms with Gasteiger partial charge in [-0.3, -0.25) is 4.79 Å². The van der Waals surface area contributed by atoms with Gasteiger partial charge in [-0.25, -0.2) is 4.39 Å². The number of hydrogen-bond donors (Lipinski definition) is 2. The van der Waals surface area contributed by atoms with Crippen molar-refractivity contribution in [2.45, 2.75) is 6.54 Å². The fraction of sp³-hybridized carbons (Fsp3) is 0.0714. The van der Waals surface area contributed by atoms with Crippen molar-refractivity contribution in [1.82, 2.24) is 5.32 Å². The second-order valence-electron chi connectivity index (χ2n) is 4.01. The van der Waals surface area contributed by atoms with Crippen molar-refractivity contribution in [3.05, 3.63) is 63.9 Å². The van der Waals surface area contributed by atoms with Gasteiger partial charge in [0.05, 0.1) is 5.56 Å². The van der Waals surface area contributed by atoms with E-state index in [1.54, 1.807) is 6.07 Å². The summed E-state index contributed by atoms with van der Waals surface area (Å²) in [6, 6.07) is 11.2. The lowest BCUT2D eigenvalue weighted by Crippen LogP contribution is -2.23. The molecular weight excluding hydrogens is 311 g/mol. The predicted molar refractivity (Wildman–Crippen MR) is 76.1 cm³/mol. The largest absolute Gasteiger partial charge is 0.398 e. The molecule has 0 unspecified atom stereocenters. The Morgan fingerprint density at radius 2 is 2.00 bits per heavy atom. The summed E-state index contributed by atoms with van der Waals surface area (Å²) in [7, 11) is 0. The molecule has 2 aromatic rings. The van der Waals surface area contributed by atoms with Gasteiger partial charge in [-0.2, -0.15) is 0 Å². The summed E-state index contributed by atoms with van der Waals surface area (Å²) in [6.45, 7) is 0.329. The van der Waals surface area contributed by atoms with E-state index in [-0.39, 0.29) is 5.91 Å². The third kappa shape index (κ3) is 3.32. The molecule has 2 rings (SSSR count). The quantitative estimate of drug-likeness (QED) is 0.853. The van der Waals surface area contributed by atoms with Crippen LogP contribution in [-0.4, -0.2) is 5.91 Å². The molecule has 0 atom stereocenters. The zero-order valence-corrected chi connectivity index (χ0v) is 11.6. The third-order valence-electron chi connectivity index (χ3n) is 2.67. The van der Waals surface area contributed by atoms with E-state index in [2.05, 4.69) is 21.2 Å². The van der Waals surface area contributed by atoms with Gasteiger partial charge in [0.15, 0.2) is 0 Å². The molecule has 0 saturated carbocycles. The SMILES string of the molecule is Nc1ccccc1CNC(=O)c1ccc(F)cc1Br. The number of rotatable bonds is 3. The average molecular weight is 323 g/mol. The number of nitrogens with two attached hydrogens (primary N) is 1. The average Bonchev–Trinajstić information content (AvgIpc) is 2.37. The molecule has 19 heavy (non-hydrogen) atoms. The number of hydrogen-bond acceptors (Lipinski definition) is 2. The molecule has 3 nitrogen and oxygen atoms in total. The van der Waals surface area contributed by atoms with E-state index in [4.69, 9.17) is 5.73 Å². The molecule has 0 fully saturated rings. The fourth-order valence-corrected chi connectivity index (χ4v) is 2.17. The van der Waals surface area contributed by atoms with Crippen LogP contribution >= 0.6 is 15.9 Å². The molecule has 98 valence electrons. The summed E-state index contributed by atoms with van der Waals surface area (Å²) in [5, 5.41) is 2.74. The van der Waals surface area contributed by atoms with Crippen LogP contribution in [0, 0.1) is 5.82 Å². The summed E-state index contributed by atoms with van der Waals surface area (Å²) in [6.07, 6.45) is 0. The second-order valence-corrected chi connectivity index (χ2v) is 4.86. The molecule has 3 N–H and O–H groups in total. The number of nitrogen functional groups attached to an aromatic ring is 1. The maximum Gasteiger partial charge on any atom is 0.252 e. The highest BCUT2D eigenvalue weighted by Crippen LogP contribution is 2.18. The Hall–Kier alpha value is -1.88. The Balaban J connectivity index is 2.08. The monoisotopic (exact) mass is 322 g/mol. The van der Waals surface area contributed by atoms with Gasteiger partial charge < -0.3 is 11.1 Å². The van der Waals surface area contributed by atoms with E-state index >= 15 is 0 Å². The van der Waals surface area contributed by atoms with Crippen molar-refractivity contribution in [2.24, 2.45) is 0 Å². The molecule has 0 spiro atoms. The Morgan fingerprint density at radius 3 is 2.68 bits per heavy atom. The van der Waals surface area contributed by atoms with Crippen molar-refractivity contribution in [1.29, 1.82) is 0 Å². The number of amides is 1. The lowest BCUT2D eigenvalue weighted by atomic mass is 10.1. The minimum absolute atomic E-state index is 0.282. The van der Waals surface area contributed by atoms with Gasteiger partial charge in [0.25, 0.3) is 5.91 Å². The van der Waals surface area contributed by atoms with E-state index in [1.807, 2.05) is 18.2 Å². The molecule has 0 aliphatic carbocycles. The maximum absolute atomic E-state index is 12.9. The molecule has 0 heterocycles. The van der Waals surface area contributed by atoms with Crippen molar-refractivity contribution in [3.63, 3.8) is 0 Å². The lowest BCUT2D eigenvalue weighted by Gasteiger charge is -2.08. The molecule has 0 saturated heterocycles. The summed E-state index contributed by atoms with van der Waals surface area (Å²) in [4.78, 5) is 12.0. The number of para-hydroxylation sites is 1. The van der Waals surface area contributed by atoms with Crippen LogP contribution in [0.15, 0.2) is 46.9 Å². The molecule has 0 aromatic heterocycles. The number of nitrogens with one attached hydrogen (secondary N) is 1. The first-order valence-corrected chi connectivity index (χ1v) is 6.44. The smallest absolute Gasteiger partial charge is 0.252 e. The normalized spacial score (nSPS) is 10.2. The molecule has 1 amide bonds. The first kappa shape index (κ1) is 13.5. The molecular formula is C14H12BrFN2O. The predicted octanol–water partition coefficient (Wildman–Crippen LogP) is 3.10. The van der Waals surface area contributed by atoms with Crippen LogP contribution in [0.25, 0.3) is 0 Å². The van der Waals surface area contributed by atoms with E-state index in [0.29, 0.717) is 22.3 Å². The van der Waals surface area contributed by atoms with Crippen molar-refractivity contribution >= 4 is 27.5 Å². The van der Waals surface area contributed by atoms with Crippen molar-refractivity contribution < 1.29 is 9.18 Å². The number of carbonyl (C=O) groups is 1. The maximum atomic E-state index is 12.9. The first-order valence-electron chi connectivity index (χ1n) is 5.64. The Morgan fingerprint density at radius 1 is 1.26 bits per heavy atom. The molecule has 5 heteroatoms. The number of benzene rings is 2. The molecule has 0 aliphatic rings. The first-order chi connectivity index (χ1) is 9.08. The molecule has 0 bridgehead atoms. The molecule has 2 aromatic carbocycles. The van der Waals surface area contributed by atoms with Gasteiger partial charge in [-0.1, -0.05) is 18.2 Å². The van der Waals surface area contributed by atoms with Crippen LogP contribution in [0.1, 0.15) is 15.9 Å². The van der Waals surface area contributed by atoms with Crippen LogP contribution in [0.2, 0.25) is 0 Å². The highest BCUT2D eigenvalue weighted by molar-refractivity contribution is 9.10. The van der Waals surface area contributed by atoms with Gasteiger partial charge >= 0.3 is 0 Å². The van der Waals surface area contributed by atoms with E-state index in [9.17, 15) is 9.18 Å². The van der Waals surface area contributed by atoms with Gasteiger partial charge in [-0.15, -0.1) is 0 Å². The molecule has 0 aliphatic heterocycles. The second kappa shape index (κ2) is 5.84. The van der Waals surface area contributed by atoms with Crippen LogP contribution < -0.4 is 11.1 Å². The van der Waals surface area contributed by atoms with E-state index in [1.165, 1.54) is 18.2 Å². The molecule has 0 radical (unpaired) electrons. The Labute approximate surface area is 118 Å². The summed E-state index contributed by atoms with van der Waals surface area (Å²) < 4.78 is 13.4. The van der Waals surface area contributed by atoms with Crippen LogP contribution in [0.5, 0.6) is 0 Å². The standard InChI is InChI=1S/C14H12BrFN2O/c15-12-7-10(16)5-6-11(12)14(19)18-8-9-3-1-2-4-13(9)17/h1-7H,8,17H2,(H,18,19). The topological polar surface area (TPSA) is 55.1 Å². The minimum Gasteiger partial charge on any atom is -0.398 e.